The van der Waals surface area contributed by atoms with Crippen LogP contribution in [0.25, 0.3) is 0 Å². The number of hydrogen-bond acceptors (Lipinski definition) is 4. The van der Waals surface area contributed by atoms with Gasteiger partial charge in [0.15, 0.2) is 8.32 Å². The Morgan fingerprint density at radius 2 is 1.56 bits per heavy atom. The molecule has 0 fully saturated rings. The van der Waals surface area contributed by atoms with Crippen LogP contribution in [0.2, 0.25) is 37.8 Å². The zero-order valence-electron chi connectivity index (χ0n) is 23.4. The molecule has 0 radical (unpaired) electrons. The largest absolute Gasteiger partial charge is 0.408 e. The molecule has 1 N–H and O–H groups in total. The summed E-state index contributed by atoms with van der Waals surface area (Å²) in [7, 11) is -3.66. The Hall–Kier alpha value is -0.796. The minimum absolute atomic E-state index is 0.000639. The van der Waals surface area contributed by atoms with Gasteiger partial charge in [0.2, 0.25) is 0 Å². The Balaban J connectivity index is 3.71. The maximum absolute atomic E-state index is 13.4. The summed E-state index contributed by atoms with van der Waals surface area (Å²) in [6.07, 6.45) is -0.959. The van der Waals surface area contributed by atoms with Gasteiger partial charge in [-0.25, -0.2) is 8.93 Å². The lowest BCUT2D eigenvalue weighted by molar-refractivity contribution is -0.0726. The highest BCUT2D eigenvalue weighted by Crippen LogP contribution is 2.41. The summed E-state index contributed by atoms with van der Waals surface area (Å²) in [5, 5.41) is 0.000639. The first-order valence-corrected chi connectivity index (χ1v) is 19.5. The van der Waals surface area contributed by atoms with Crippen molar-refractivity contribution < 1.29 is 18.1 Å². The van der Waals surface area contributed by atoms with Crippen LogP contribution in [-0.4, -0.2) is 51.4 Å². The van der Waals surface area contributed by atoms with Crippen molar-refractivity contribution in [3.8, 4) is 11.5 Å². The van der Waals surface area contributed by atoms with Crippen LogP contribution in [0.15, 0.2) is 30.3 Å². The molecule has 0 aliphatic rings. The van der Waals surface area contributed by atoms with Crippen LogP contribution in [0.5, 0.6) is 0 Å². The summed E-state index contributed by atoms with van der Waals surface area (Å²) in [5.74, 6) is 3.37. The molecule has 0 aliphatic carbocycles. The number of methoxy groups -OCH3 is 1. The third-order valence-electron chi connectivity index (χ3n) is 5.76. The molecule has 194 valence electrons. The third-order valence-corrected chi connectivity index (χ3v) is 12.7. The summed E-state index contributed by atoms with van der Waals surface area (Å²) in [6, 6.07) is 9.67. The molecule has 0 bridgehead atoms. The fourth-order valence-corrected chi connectivity index (χ4v) is 5.43. The highest BCUT2D eigenvalue weighted by Gasteiger charge is 2.44. The van der Waals surface area contributed by atoms with Crippen LogP contribution in [-0.2, 0) is 24.9 Å². The van der Waals surface area contributed by atoms with Crippen LogP contribution in [0.4, 0.5) is 0 Å². The lowest BCUT2D eigenvalue weighted by Crippen LogP contribution is -2.53. The first kappa shape index (κ1) is 31.2. The SMILES string of the molecule is COCO[C@@H](C#C[Si](C)(C)C)[C@H](NS(=O)C(C)(C)C)[C@@H](O[Si](C)(C)C(C)(C)C)c1ccccc1. The molecule has 5 nitrogen and oxygen atoms in total. The molecule has 8 heteroatoms. The summed E-state index contributed by atoms with van der Waals surface area (Å²) >= 11 is 0. The predicted octanol–water partition coefficient (Wildman–Crippen LogP) is 6.04. The van der Waals surface area contributed by atoms with Gasteiger partial charge < -0.3 is 13.9 Å². The van der Waals surface area contributed by atoms with Gasteiger partial charge in [0.25, 0.3) is 0 Å². The average molecular weight is 526 g/mol. The van der Waals surface area contributed by atoms with Gasteiger partial charge in [-0.05, 0) is 44.5 Å². The van der Waals surface area contributed by atoms with Crippen molar-refractivity contribution in [2.45, 2.75) is 102 Å². The maximum atomic E-state index is 13.4. The molecule has 1 unspecified atom stereocenters. The highest BCUT2D eigenvalue weighted by molar-refractivity contribution is 7.84. The van der Waals surface area contributed by atoms with E-state index in [1.54, 1.807) is 7.11 Å². The number of ether oxygens (including phenoxy) is 2. The van der Waals surface area contributed by atoms with Crippen molar-refractivity contribution in [1.82, 2.24) is 4.72 Å². The molecule has 34 heavy (non-hydrogen) atoms. The van der Waals surface area contributed by atoms with E-state index in [1.165, 1.54) is 0 Å². The van der Waals surface area contributed by atoms with Gasteiger partial charge in [0.05, 0.1) is 27.9 Å². The van der Waals surface area contributed by atoms with E-state index in [0.717, 1.165) is 5.56 Å². The van der Waals surface area contributed by atoms with Crippen molar-refractivity contribution in [3.05, 3.63) is 35.9 Å². The first-order valence-electron chi connectivity index (χ1n) is 11.9. The molecule has 1 rings (SSSR count). The lowest BCUT2D eigenvalue weighted by Gasteiger charge is -2.43. The topological polar surface area (TPSA) is 56.8 Å². The van der Waals surface area contributed by atoms with Gasteiger partial charge in [-0.1, -0.05) is 76.7 Å². The fourth-order valence-electron chi connectivity index (χ4n) is 2.73. The second-order valence-corrected chi connectivity index (χ2v) is 23.8. The van der Waals surface area contributed by atoms with E-state index in [2.05, 4.69) is 81.8 Å². The molecule has 0 amide bonds. The molecular weight excluding hydrogens is 479 g/mol. The molecule has 0 spiro atoms. The van der Waals surface area contributed by atoms with Gasteiger partial charge in [-0.3, -0.25) is 0 Å². The zero-order chi connectivity index (χ0) is 26.4. The molecule has 4 atom stereocenters. The smallest absolute Gasteiger partial charge is 0.192 e. The van der Waals surface area contributed by atoms with Crippen molar-refractivity contribution in [2.75, 3.05) is 13.9 Å². The highest BCUT2D eigenvalue weighted by atomic mass is 32.2. The third kappa shape index (κ3) is 10.1. The molecule has 0 saturated heterocycles. The van der Waals surface area contributed by atoms with Gasteiger partial charge in [0, 0.05) is 7.11 Å². The standard InChI is InChI=1S/C26H47NO4SSi2/c1-25(2,3)32(28)27-23(22(30-20-29-7)18-19-33(8,9)10)24(21-16-14-13-15-17-21)31-34(11,12)26(4,5)6/h13-17,22-24,27H,20H2,1-12H3/t22-,23-,24-,32?/m0/s1. The second kappa shape index (κ2) is 12.4. The summed E-state index contributed by atoms with van der Waals surface area (Å²) in [4.78, 5) is 0. The van der Waals surface area contributed by atoms with Crippen molar-refractivity contribution >= 4 is 27.4 Å². The maximum Gasteiger partial charge on any atom is 0.192 e. The molecule has 0 aromatic heterocycles. The van der Waals surface area contributed by atoms with Gasteiger partial charge >= 0.3 is 0 Å². The molecule has 0 saturated carbocycles. The minimum atomic E-state index is -2.21. The van der Waals surface area contributed by atoms with Gasteiger partial charge in [-0.15, -0.1) is 5.54 Å². The van der Waals surface area contributed by atoms with Crippen molar-refractivity contribution in [2.24, 2.45) is 0 Å². The van der Waals surface area contributed by atoms with Gasteiger partial charge in [0.1, 0.15) is 21.0 Å². The van der Waals surface area contributed by atoms with E-state index in [-0.39, 0.29) is 11.8 Å². The van der Waals surface area contributed by atoms with Crippen LogP contribution in [0.1, 0.15) is 53.2 Å². The Morgan fingerprint density at radius 1 is 1.00 bits per heavy atom. The van der Waals surface area contributed by atoms with Gasteiger partial charge in [-0.2, -0.15) is 0 Å². The quantitative estimate of drug-likeness (QED) is 0.230. The number of rotatable bonds is 10. The van der Waals surface area contributed by atoms with E-state index >= 15 is 0 Å². The van der Waals surface area contributed by atoms with E-state index in [9.17, 15) is 4.21 Å². The minimum Gasteiger partial charge on any atom is -0.408 e. The molecule has 0 aliphatic heterocycles. The van der Waals surface area contributed by atoms with Crippen LogP contribution >= 0.6 is 0 Å². The van der Waals surface area contributed by atoms with Crippen LogP contribution in [0, 0.1) is 11.5 Å². The van der Waals surface area contributed by atoms with Crippen molar-refractivity contribution in [1.29, 1.82) is 0 Å². The molecule has 0 heterocycles. The normalized spacial score (nSPS) is 16.8. The number of nitrogens with one attached hydrogen (secondary N) is 1. The lowest BCUT2D eigenvalue weighted by atomic mass is 9.99. The summed E-state index contributed by atoms with van der Waals surface area (Å²) in [5.41, 5.74) is 4.46. The predicted molar refractivity (Wildman–Crippen MR) is 150 cm³/mol. The van der Waals surface area contributed by atoms with Crippen LogP contribution in [0.3, 0.4) is 0 Å². The summed E-state index contributed by atoms with van der Waals surface area (Å²) in [6.45, 7) is 23.7. The fraction of sp³-hybridized carbons (Fsp3) is 0.692. The Bertz CT molecular complexity index is 846. The number of benzene rings is 1. The first-order chi connectivity index (χ1) is 15.4. The summed E-state index contributed by atoms with van der Waals surface area (Å²) < 4.78 is 34.7. The number of hydrogen-bond donors (Lipinski definition) is 1. The Morgan fingerprint density at radius 3 is 2.00 bits per heavy atom. The Labute approximate surface area is 213 Å². The van der Waals surface area contributed by atoms with E-state index in [4.69, 9.17) is 13.9 Å². The van der Waals surface area contributed by atoms with Crippen LogP contribution < -0.4 is 4.72 Å². The van der Waals surface area contributed by atoms with E-state index in [0.29, 0.717) is 0 Å². The average Bonchev–Trinajstić information content (AvgIpc) is 2.69. The van der Waals surface area contributed by atoms with E-state index in [1.807, 2.05) is 39.0 Å². The molecule has 1 aromatic carbocycles. The second-order valence-electron chi connectivity index (χ2n) is 12.2. The zero-order valence-corrected chi connectivity index (χ0v) is 26.2. The molecule has 1 aromatic rings. The van der Waals surface area contributed by atoms with Crippen molar-refractivity contribution in [3.63, 3.8) is 0 Å². The monoisotopic (exact) mass is 525 g/mol. The van der Waals surface area contributed by atoms with E-state index < -0.39 is 50.4 Å². The molecular formula is C26H47NO4SSi2. The Kier molecular flexibility index (Phi) is 11.4.